The fourth-order valence-corrected chi connectivity index (χ4v) is 6.32. The van der Waals surface area contributed by atoms with Crippen molar-refractivity contribution >= 4 is 10.1 Å². The van der Waals surface area contributed by atoms with Gasteiger partial charge in [0.15, 0.2) is 0 Å². The van der Waals surface area contributed by atoms with E-state index in [-0.39, 0.29) is 6.61 Å². The molecule has 2 aromatic rings. The second-order valence-corrected chi connectivity index (χ2v) is 11.8. The second kappa shape index (κ2) is 15.4. The molecule has 196 valence electrons. The Bertz CT molecular complexity index is 971. The number of rotatable bonds is 17. The van der Waals surface area contributed by atoms with Gasteiger partial charge < -0.3 is 5.32 Å². The Morgan fingerprint density at radius 3 is 1.63 bits per heavy atom. The third kappa shape index (κ3) is 11.3. The Hall–Kier alpha value is -1.69. The highest BCUT2D eigenvalue weighted by molar-refractivity contribution is 7.86. The van der Waals surface area contributed by atoms with Gasteiger partial charge in [-0.1, -0.05) is 98.4 Å². The first-order valence-corrected chi connectivity index (χ1v) is 14.8. The molecule has 0 amide bonds. The van der Waals surface area contributed by atoms with Crippen molar-refractivity contribution in [2.75, 3.05) is 13.2 Å². The summed E-state index contributed by atoms with van der Waals surface area (Å²) in [4.78, 5) is 0.334. The molecule has 0 radical (unpaired) electrons. The van der Waals surface area contributed by atoms with Crippen LogP contribution >= 0.6 is 0 Å². The third-order valence-corrected chi connectivity index (χ3v) is 8.07. The molecule has 0 spiro atoms. The number of unbranched alkanes of at least 4 members (excludes halogenated alkanes) is 9. The third-order valence-electron chi connectivity index (χ3n) is 6.45. The summed E-state index contributed by atoms with van der Waals surface area (Å²) < 4.78 is 30.5. The van der Waals surface area contributed by atoms with Gasteiger partial charge in [0.05, 0.1) is 11.5 Å². The van der Waals surface area contributed by atoms with Crippen molar-refractivity contribution in [3.05, 3.63) is 63.7 Å². The van der Waals surface area contributed by atoms with Crippen molar-refractivity contribution in [1.29, 1.82) is 0 Å². The van der Waals surface area contributed by atoms with Crippen molar-refractivity contribution in [2.45, 2.75) is 110 Å². The Morgan fingerprint density at radius 1 is 0.629 bits per heavy atom. The van der Waals surface area contributed by atoms with Gasteiger partial charge in [-0.25, -0.2) is 0 Å². The summed E-state index contributed by atoms with van der Waals surface area (Å²) in [6, 6.07) is 10.5. The molecule has 2 rings (SSSR count). The van der Waals surface area contributed by atoms with Crippen LogP contribution in [0, 0.1) is 34.6 Å². The molecule has 0 aromatic heterocycles. The zero-order chi connectivity index (χ0) is 25.7. The highest BCUT2D eigenvalue weighted by Crippen LogP contribution is 2.24. The number of benzene rings is 2. The van der Waals surface area contributed by atoms with Crippen molar-refractivity contribution < 1.29 is 12.6 Å². The molecule has 35 heavy (non-hydrogen) atoms. The van der Waals surface area contributed by atoms with Crippen LogP contribution in [0.1, 0.15) is 97.6 Å². The second-order valence-electron chi connectivity index (χ2n) is 10.2. The van der Waals surface area contributed by atoms with E-state index in [0.717, 1.165) is 49.0 Å². The fourth-order valence-electron chi connectivity index (χ4n) is 4.96. The standard InChI is InChI=1S/C30H47NO3S/c1-24-18-25(2)22-29(21-24)23-31-16-14-12-10-8-6-7-9-11-13-15-17-34-35(32,33)30-27(4)19-26(3)20-28(30)5/h18-22,31H,6-17,23H2,1-5H3. The first-order chi connectivity index (χ1) is 16.7. The predicted molar refractivity (Wildman–Crippen MR) is 148 cm³/mol. The van der Waals surface area contributed by atoms with E-state index >= 15 is 0 Å². The molecule has 5 heteroatoms. The van der Waals surface area contributed by atoms with Gasteiger partial charge in [0.1, 0.15) is 0 Å². The summed E-state index contributed by atoms with van der Waals surface area (Å²) in [6.07, 6.45) is 11.9. The number of nitrogens with one attached hydrogen (secondary N) is 1. The molecule has 0 aliphatic heterocycles. The molecule has 0 bridgehead atoms. The molecule has 0 fully saturated rings. The summed E-state index contributed by atoms with van der Waals surface area (Å²) in [5.74, 6) is 0. The van der Waals surface area contributed by atoms with Crippen LogP contribution in [0.15, 0.2) is 35.2 Å². The topological polar surface area (TPSA) is 55.4 Å². The summed E-state index contributed by atoms with van der Waals surface area (Å²) >= 11 is 0. The molecule has 0 atom stereocenters. The van der Waals surface area contributed by atoms with E-state index in [2.05, 4.69) is 37.4 Å². The van der Waals surface area contributed by atoms with E-state index in [0.29, 0.717) is 4.90 Å². The fraction of sp³-hybridized carbons (Fsp3) is 0.600. The molecular formula is C30H47NO3S. The molecule has 0 heterocycles. The van der Waals surface area contributed by atoms with Crippen LogP contribution in [0.25, 0.3) is 0 Å². The van der Waals surface area contributed by atoms with Crippen molar-refractivity contribution in [3.63, 3.8) is 0 Å². The molecule has 0 aliphatic carbocycles. The largest absolute Gasteiger partial charge is 0.313 e. The summed E-state index contributed by atoms with van der Waals surface area (Å²) in [5.41, 5.74) is 6.65. The first kappa shape index (κ1) is 29.5. The summed E-state index contributed by atoms with van der Waals surface area (Å²) in [7, 11) is -3.68. The maximum absolute atomic E-state index is 12.6. The van der Waals surface area contributed by atoms with Gasteiger partial charge in [0.25, 0.3) is 10.1 Å². The van der Waals surface area contributed by atoms with Gasteiger partial charge in [-0.15, -0.1) is 0 Å². The molecule has 0 saturated carbocycles. The predicted octanol–water partition coefficient (Wildman–Crippen LogP) is 7.62. The number of hydrogen-bond donors (Lipinski definition) is 1. The molecule has 2 aromatic carbocycles. The minimum Gasteiger partial charge on any atom is -0.313 e. The zero-order valence-corrected chi connectivity index (χ0v) is 23.5. The van der Waals surface area contributed by atoms with Crippen LogP contribution in [0.4, 0.5) is 0 Å². The van der Waals surface area contributed by atoms with Crippen molar-refractivity contribution in [3.8, 4) is 0 Å². The summed E-state index contributed by atoms with van der Waals surface area (Å²) in [5, 5.41) is 3.57. The molecule has 0 aliphatic rings. The highest BCUT2D eigenvalue weighted by atomic mass is 32.2. The Labute approximate surface area is 215 Å². The van der Waals surface area contributed by atoms with E-state index in [1.165, 1.54) is 61.6 Å². The van der Waals surface area contributed by atoms with E-state index < -0.39 is 10.1 Å². The van der Waals surface area contributed by atoms with E-state index in [4.69, 9.17) is 4.18 Å². The van der Waals surface area contributed by atoms with Crippen LogP contribution in [0.5, 0.6) is 0 Å². The molecule has 0 unspecified atom stereocenters. The quantitative estimate of drug-likeness (QED) is 0.179. The van der Waals surface area contributed by atoms with Gasteiger partial charge in [0, 0.05) is 6.54 Å². The van der Waals surface area contributed by atoms with Crippen LogP contribution in [0.2, 0.25) is 0 Å². The van der Waals surface area contributed by atoms with Gasteiger partial charge >= 0.3 is 0 Å². The minimum absolute atomic E-state index is 0.270. The Balaban J connectivity index is 1.42. The maximum atomic E-state index is 12.6. The smallest absolute Gasteiger partial charge is 0.297 e. The van der Waals surface area contributed by atoms with Crippen LogP contribution in [-0.2, 0) is 20.8 Å². The average Bonchev–Trinajstić information content (AvgIpc) is 2.74. The van der Waals surface area contributed by atoms with Crippen molar-refractivity contribution in [1.82, 2.24) is 5.32 Å². The lowest BCUT2D eigenvalue weighted by Gasteiger charge is -2.12. The SMILES string of the molecule is Cc1cc(C)cc(CNCCCCCCCCCCCCOS(=O)(=O)c2c(C)cc(C)cc2C)c1. The molecule has 1 N–H and O–H groups in total. The average molecular weight is 502 g/mol. The minimum atomic E-state index is -3.68. The lowest BCUT2D eigenvalue weighted by Crippen LogP contribution is -2.14. The van der Waals surface area contributed by atoms with E-state index in [1.54, 1.807) is 0 Å². The van der Waals surface area contributed by atoms with Gasteiger partial charge in [-0.2, -0.15) is 8.42 Å². The van der Waals surface area contributed by atoms with Crippen LogP contribution < -0.4 is 5.32 Å². The Kier molecular flexibility index (Phi) is 13.0. The zero-order valence-electron chi connectivity index (χ0n) is 22.7. The van der Waals surface area contributed by atoms with Crippen LogP contribution in [-0.4, -0.2) is 21.6 Å². The highest BCUT2D eigenvalue weighted by Gasteiger charge is 2.20. The summed E-state index contributed by atoms with van der Waals surface area (Å²) in [6.45, 7) is 12.3. The number of aryl methyl sites for hydroxylation is 5. The lowest BCUT2D eigenvalue weighted by atomic mass is 10.1. The van der Waals surface area contributed by atoms with Crippen LogP contribution in [0.3, 0.4) is 0 Å². The normalized spacial score (nSPS) is 11.8. The van der Waals surface area contributed by atoms with E-state index in [9.17, 15) is 8.42 Å². The van der Waals surface area contributed by atoms with Gasteiger partial charge in [-0.3, -0.25) is 4.18 Å². The van der Waals surface area contributed by atoms with E-state index in [1.807, 2.05) is 32.9 Å². The monoisotopic (exact) mass is 501 g/mol. The Morgan fingerprint density at radius 2 is 1.09 bits per heavy atom. The van der Waals surface area contributed by atoms with Gasteiger partial charge in [-0.05, 0) is 70.7 Å². The van der Waals surface area contributed by atoms with Crippen molar-refractivity contribution in [2.24, 2.45) is 0 Å². The lowest BCUT2D eigenvalue weighted by molar-refractivity contribution is 0.305. The molecule has 0 saturated heterocycles. The maximum Gasteiger partial charge on any atom is 0.297 e. The van der Waals surface area contributed by atoms with Gasteiger partial charge in [0.2, 0.25) is 0 Å². The molecule has 4 nitrogen and oxygen atoms in total. The number of hydrogen-bond acceptors (Lipinski definition) is 4. The first-order valence-electron chi connectivity index (χ1n) is 13.4. The molecular weight excluding hydrogens is 454 g/mol.